The molecule has 1 aromatic heterocycles. The molecule has 1 aromatic rings. The van der Waals surface area contributed by atoms with Gasteiger partial charge in [-0.15, -0.1) is 0 Å². The van der Waals surface area contributed by atoms with Gasteiger partial charge in [-0.1, -0.05) is 0 Å². The number of nitrogens with two attached hydrogens (primary N) is 1. The molecule has 2 N–H and O–H groups in total. The second kappa shape index (κ2) is 5.35. The highest BCUT2D eigenvalue weighted by atomic mass is 16.2. The average Bonchev–Trinajstić information content (AvgIpc) is 2.29. The van der Waals surface area contributed by atoms with Crippen LogP contribution in [0.3, 0.4) is 0 Å². The first-order valence-electron chi connectivity index (χ1n) is 6.31. The van der Waals surface area contributed by atoms with Crippen LogP contribution in [0.2, 0.25) is 0 Å². The van der Waals surface area contributed by atoms with E-state index in [1.165, 1.54) is 10.6 Å². The first kappa shape index (κ1) is 12.8. The van der Waals surface area contributed by atoms with Crippen LogP contribution >= 0.6 is 0 Å². The van der Waals surface area contributed by atoms with E-state index in [1.54, 1.807) is 24.2 Å². The number of carbonyl (C=O) groups is 1. The molecule has 5 nitrogen and oxygen atoms in total. The fourth-order valence-electron chi connectivity index (χ4n) is 2.13. The van der Waals surface area contributed by atoms with Crippen molar-refractivity contribution in [2.75, 3.05) is 13.1 Å². The maximum absolute atomic E-state index is 12.4. The lowest BCUT2D eigenvalue weighted by Gasteiger charge is -2.37. The summed E-state index contributed by atoms with van der Waals surface area (Å²) in [7, 11) is 1.67. The van der Waals surface area contributed by atoms with E-state index in [-0.39, 0.29) is 11.5 Å². The van der Waals surface area contributed by atoms with Crippen molar-refractivity contribution >= 4 is 5.91 Å². The average molecular weight is 249 g/mol. The summed E-state index contributed by atoms with van der Waals surface area (Å²) in [6.45, 7) is 1.01. The molecule has 2 rings (SSSR count). The Hall–Kier alpha value is -1.62. The van der Waals surface area contributed by atoms with Gasteiger partial charge in [0.2, 0.25) is 0 Å². The van der Waals surface area contributed by atoms with Crippen molar-refractivity contribution in [3.8, 4) is 0 Å². The summed E-state index contributed by atoms with van der Waals surface area (Å²) in [6.07, 6.45) is 4.86. The Morgan fingerprint density at radius 2 is 2.28 bits per heavy atom. The fraction of sp³-hybridized carbons (Fsp3) is 0.538. The number of pyridine rings is 1. The molecule has 1 amide bonds. The van der Waals surface area contributed by atoms with Gasteiger partial charge in [0, 0.05) is 44.0 Å². The number of hydrogen-bond acceptors (Lipinski definition) is 3. The lowest BCUT2D eigenvalue weighted by atomic mass is 9.91. The van der Waals surface area contributed by atoms with Crippen LogP contribution in [0.4, 0.5) is 0 Å². The predicted octanol–water partition coefficient (Wildman–Crippen LogP) is 0.339. The molecule has 0 unspecified atom stereocenters. The summed E-state index contributed by atoms with van der Waals surface area (Å²) in [5.41, 5.74) is 5.85. The molecule has 0 aromatic carbocycles. The minimum Gasteiger partial charge on any atom is -0.334 e. The van der Waals surface area contributed by atoms with Crippen molar-refractivity contribution in [2.24, 2.45) is 12.8 Å². The van der Waals surface area contributed by atoms with E-state index in [2.05, 4.69) is 0 Å². The molecule has 18 heavy (non-hydrogen) atoms. The van der Waals surface area contributed by atoms with Crippen molar-refractivity contribution in [2.45, 2.75) is 25.3 Å². The molecule has 0 saturated heterocycles. The van der Waals surface area contributed by atoms with Crippen molar-refractivity contribution in [3.63, 3.8) is 0 Å². The van der Waals surface area contributed by atoms with Crippen LogP contribution < -0.4 is 11.3 Å². The molecule has 1 fully saturated rings. The second-order valence-electron chi connectivity index (χ2n) is 4.74. The van der Waals surface area contributed by atoms with Gasteiger partial charge in [-0.2, -0.15) is 0 Å². The van der Waals surface area contributed by atoms with Crippen LogP contribution in [-0.4, -0.2) is 34.5 Å². The molecule has 98 valence electrons. The Morgan fingerprint density at radius 3 is 2.78 bits per heavy atom. The normalized spacial score (nSPS) is 15.2. The number of nitrogens with zero attached hydrogens (tertiary/aromatic N) is 2. The molecule has 1 heterocycles. The van der Waals surface area contributed by atoms with Crippen molar-refractivity contribution < 1.29 is 4.79 Å². The van der Waals surface area contributed by atoms with E-state index in [0.717, 1.165) is 19.3 Å². The smallest absolute Gasteiger partial charge is 0.254 e. The van der Waals surface area contributed by atoms with Gasteiger partial charge in [0.1, 0.15) is 0 Å². The highest BCUT2D eigenvalue weighted by Gasteiger charge is 2.28. The molecule has 0 spiro atoms. The third-order valence-corrected chi connectivity index (χ3v) is 3.50. The SMILES string of the molecule is Cn1ccc(C(=O)N(CCN)C2CCC2)cc1=O. The third-order valence-electron chi connectivity index (χ3n) is 3.50. The van der Waals surface area contributed by atoms with Crippen molar-refractivity contribution in [1.82, 2.24) is 9.47 Å². The molecule has 1 aliphatic carbocycles. The van der Waals surface area contributed by atoms with Crippen LogP contribution in [0.25, 0.3) is 0 Å². The molecular formula is C13H19N3O2. The van der Waals surface area contributed by atoms with Gasteiger partial charge in [0.25, 0.3) is 11.5 Å². The van der Waals surface area contributed by atoms with E-state index in [9.17, 15) is 9.59 Å². The minimum absolute atomic E-state index is 0.0807. The zero-order valence-corrected chi connectivity index (χ0v) is 10.6. The summed E-state index contributed by atoms with van der Waals surface area (Å²) in [5.74, 6) is -0.0807. The second-order valence-corrected chi connectivity index (χ2v) is 4.74. The standard InChI is InChI=1S/C13H19N3O2/c1-15-7-5-10(9-12(15)17)13(18)16(8-6-14)11-3-2-4-11/h5,7,9,11H,2-4,6,8,14H2,1H3. The maximum Gasteiger partial charge on any atom is 0.254 e. The number of rotatable bonds is 4. The Bertz CT molecular complexity index is 491. The molecular weight excluding hydrogens is 230 g/mol. The largest absolute Gasteiger partial charge is 0.334 e. The van der Waals surface area contributed by atoms with Crippen LogP contribution in [0, 0.1) is 0 Å². The Balaban J connectivity index is 2.21. The molecule has 0 radical (unpaired) electrons. The minimum atomic E-state index is -0.165. The number of aromatic nitrogens is 1. The Kier molecular flexibility index (Phi) is 3.81. The van der Waals surface area contributed by atoms with Crippen molar-refractivity contribution in [3.05, 3.63) is 34.2 Å². The number of hydrogen-bond donors (Lipinski definition) is 1. The monoisotopic (exact) mass is 249 g/mol. The van der Waals surface area contributed by atoms with Gasteiger partial charge in [0.15, 0.2) is 0 Å². The lowest BCUT2D eigenvalue weighted by molar-refractivity contribution is 0.0588. The van der Waals surface area contributed by atoms with Crippen LogP contribution in [0.15, 0.2) is 23.1 Å². The Labute approximate surface area is 106 Å². The molecule has 0 atom stereocenters. The topological polar surface area (TPSA) is 68.3 Å². The molecule has 1 saturated carbocycles. The van der Waals surface area contributed by atoms with Crippen LogP contribution in [0.5, 0.6) is 0 Å². The number of amides is 1. The third kappa shape index (κ3) is 2.46. The van der Waals surface area contributed by atoms with Crippen LogP contribution in [-0.2, 0) is 7.05 Å². The summed E-state index contributed by atoms with van der Waals surface area (Å²) in [5, 5.41) is 0. The summed E-state index contributed by atoms with van der Waals surface area (Å²) >= 11 is 0. The first-order chi connectivity index (χ1) is 8.63. The van der Waals surface area contributed by atoms with Gasteiger partial charge in [-0.05, 0) is 25.3 Å². The Morgan fingerprint density at radius 1 is 1.56 bits per heavy atom. The van der Waals surface area contributed by atoms with E-state index >= 15 is 0 Å². The molecule has 5 heteroatoms. The summed E-state index contributed by atoms with van der Waals surface area (Å²) in [6, 6.07) is 3.38. The van der Waals surface area contributed by atoms with E-state index in [1.807, 2.05) is 0 Å². The van der Waals surface area contributed by atoms with E-state index in [0.29, 0.717) is 24.7 Å². The highest BCUT2D eigenvalue weighted by Crippen LogP contribution is 2.25. The zero-order valence-electron chi connectivity index (χ0n) is 10.6. The maximum atomic E-state index is 12.4. The van der Waals surface area contributed by atoms with Crippen LogP contribution in [0.1, 0.15) is 29.6 Å². The highest BCUT2D eigenvalue weighted by molar-refractivity contribution is 5.94. The first-order valence-corrected chi connectivity index (χ1v) is 6.31. The van der Waals surface area contributed by atoms with Crippen molar-refractivity contribution in [1.29, 1.82) is 0 Å². The zero-order chi connectivity index (χ0) is 13.1. The molecule has 0 aliphatic heterocycles. The van der Waals surface area contributed by atoms with Gasteiger partial charge < -0.3 is 15.2 Å². The number of carbonyl (C=O) groups excluding carboxylic acids is 1. The molecule has 1 aliphatic rings. The molecule has 0 bridgehead atoms. The fourth-order valence-corrected chi connectivity index (χ4v) is 2.13. The van der Waals surface area contributed by atoms with Gasteiger partial charge in [-0.25, -0.2) is 0 Å². The van der Waals surface area contributed by atoms with E-state index < -0.39 is 0 Å². The summed E-state index contributed by atoms with van der Waals surface area (Å²) < 4.78 is 1.45. The number of aryl methyl sites for hydroxylation is 1. The summed E-state index contributed by atoms with van der Waals surface area (Å²) in [4.78, 5) is 25.7. The van der Waals surface area contributed by atoms with Gasteiger partial charge in [-0.3, -0.25) is 9.59 Å². The van der Waals surface area contributed by atoms with Gasteiger partial charge in [0.05, 0.1) is 0 Å². The predicted molar refractivity (Wildman–Crippen MR) is 69.4 cm³/mol. The van der Waals surface area contributed by atoms with E-state index in [4.69, 9.17) is 5.73 Å². The lowest BCUT2D eigenvalue weighted by Crippen LogP contribution is -2.46. The van der Waals surface area contributed by atoms with Gasteiger partial charge >= 0.3 is 0 Å². The quantitative estimate of drug-likeness (QED) is 0.836.